The molecule has 0 aliphatic heterocycles. The van der Waals surface area contributed by atoms with Crippen molar-refractivity contribution in [2.45, 2.75) is 19.5 Å². The van der Waals surface area contributed by atoms with Crippen LogP contribution in [-0.4, -0.2) is 20.4 Å². The third-order valence-corrected chi connectivity index (χ3v) is 2.81. The zero-order valence-electron chi connectivity index (χ0n) is 10.9. The monoisotopic (exact) mass is 274 g/mol. The van der Waals surface area contributed by atoms with Gasteiger partial charge in [0.25, 0.3) is 0 Å². The smallest absolute Gasteiger partial charge is 0.358 e. The molecule has 1 unspecified atom stereocenters. The summed E-state index contributed by atoms with van der Waals surface area (Å²) in [5, 5.41) is 13.3. The van der Waals surface area contributed by atoms with E-state index in [-0.39, 0.29) is 24.3 Å². The van der Waals surface area contributed by atoms with Crippen molar-refractivity contribution in [2.24, 2.45) is 0 Å². The number of rotatable bonds is 5. The number of nitro groups is 1. The Kier molecular flexibility index (Phi) is 4.09. The second-order valence-electron chi connectivity index (χ2n) is 4.36. The fourth-order valence-corrected chi connectivity index (χ4v) is 1.81. The molecule has 20 heavy (non-hydrogen) atoms. The molecule has 0 fully saturated rings. The van der Waals surface area contributed by atoms with Crippen LogP contribution in [0.4, 0.5) is 5.82 Å². The number of carbonyl (C=O) groups excluding carboxylic acids is 1. The average Bonchev–Trinajstić information content (AvgIpc) is 2.88. The van der Waals surface area contributed by atoms with Gasteiger partial charge in [-0.15, -0.1) is 0 Å². The Bertz CT molecular complexity index is 609. The Morgan fingerprint density at radius 2 is 2.15 bits per heavy atom. The number of nitrogens with one attached hydrogen (secondary N) is 1. The van der Waals surface area contributed by atoms with Gasteiger partial charge in [0.05, 0.1) is 6.04 Å². The molecular weight excluding hydrogens is 260 g/mol. The predicted octanol–water partition coefficient (Wildman–Crippen LogP) is 1.67. The average molecular weight is 274 g/mol. The molecule has 1 aromatic carbocycles. The Balaban J connectivity index is 1.93. The van der Waals surface area contributed by atoms with Gasteiger partial charge in [-0.25, -0.2) is 0 Å². The number of benzene rings is 1. The van der Waals surface area contributed by atoms with E-state index in [0.29, 0.717) is 0 Å². The van der Waals surface area contributed by atoms with Crippen LogP contribution >= 0.6 is 0 Å². The van der Waals surface area contributed by atoms with E-state index >= 15 is 0 Å². The number of imidazole rings is 1. The molecule has 2 aromatic rings. The van der Waals surface area contributed by atoms with Crippen molar-refractivity contribution in [3.05, 3.63) is 58.5 Å². The minimum Gasteiger partial charge on any atom is -0.358 e. The number of amides is 1. The summed E-state index contributed by atoms with van der Waals surface area (Å²) in [6, 6.07) is 9.43. The number of hydrogen-bond acceptors (Lipinski definition) is 4. The van der Waals surface area contributed by atoms with Gasteiger partial charge in [-0.3, -0.25) is 4.79 Å². The van der Waals surface area contributed by atoms with Crippen LogP contribution in [0.2, 0.25) is 0 Å². The highest BCUT2D eigenvalue weighted by molar-refractivity contribution is 5.76. The van der Waals surface area contributed by atoms with Crippen molar-refractivity contribution in [3.8, 4) is 0 Å². The second kappa shape index (κ2) is 5.96. The van der Waals surface area contributed by atoms with Crippen LogP contribution in [0.25, 0.3) is 0 Å². The van der Waals surface area contributed by atoms with Crippen LogP contribution in [0.3, 0.4) is 0 Å². The van der Waals surface area contributed by atoms with Crippen molar-refractivity contribution < 1.29 is 9.72 Å². The standard InChI is InChI=1S/C13H14N4O3/c1-10(11-5-3-2-4-6-11)15-13(18)8-16-7-12(14-9-16)17(19)20/h2-7,9-10H,8H2,1H3,(H,15,18). The predicted molar refractivity (Wildman–Crippen MR) is 71.9 cm³/mol. The molecule has 1 aromatic heterocycles. The van der Waals surface area contributed by atoms with Gasteiger partial charge in [-0.1, -0.05) is 30.3 Å². The number of hydrogen-bond donors (Lipinski definition) is 1. The normalized spacial score (nSPS) is 11.8. The Labute approximate surface area is 115 Å². The lowest BCUT2D eigenvalue weighted by Crippen LogP contribution is -2.29. The molecule has 2 rings (SSSR count). The van der Waals surface area contributed by atoms with Gasteiger partial charge in [0.1, 0.15) is 12.7 Å². The lowest BCUT2D eigenvalue weighted by atomic mass is 10.1. The SMILES string of the molecule is CC(NC(=O)Cn1cnc([N+](=O)[O-])c1)c1ccccc1. The summed E-state index contributed by atoms with van der Waals surface area (Å²) in [4.78, 5) is 25.3. The van der Waals surface area contributed by atoms with E-state index in [9.17, 15) is 14.9 Å². The van der Waals surface area contributed by atoms with Crippen molar-refractivity contribution in [2.75, 3.05) is 0 Å². The Morgan fingerprint density at radius 1 is 1.45 bits per heavy atom. The molecule has 0 radical (unpaired) electrons. The molecule has 1 N–H and O–H groups in total. The molecule has 1 heterocycles. The first-order chi connectivity index (χ1) is 9.56. The third kappa shape index (κ3) is 3.41. The van der Waals surface area contributed by atoms with Crippen LogP contribution in [0, 0.1) is 10.1 Å². The fraction of sp³-hybridized carbons (Fsp3) is 0.231. The zero-order valence-corrected chi connectivity index (χ0v) is 10.9. The van der Waals surface area contributed by atoms with Crippen molar-refractivity contribution >= 4 is 11.7 Å². The summed E-state index contributed by atoms with van der Waals surface area (Å²) < 4.78 is 1.38. The second-order valence-corrected chi connectivity index (χ2v) is 4.36. The summed E-state index contributed by atoms with van der Waals surface area (Å²) in [5.74, 6) is -0.498. The summed E-state index contributed by atoms with van der Waals surface area (Å²) in [6.45, 7) is 1.88. The van der Waals surface area contributed by atoms with Gasteiger partial charge in [0, 0.05) is 0 Å². The minimum absolute atomic E-state index is 0.00197. The van der Waals surface area contributed by atoms with Gasteiger partial charge in [-0.2, -0.15) is 0 Å². The van der Waals surface area contributed by atoms with Crippen LogP contribution in [0.15, 0.2) is 42.9 Å². The van der Waals surface area contributed by atoms with E-state index < -0.39 is 4.92 Å². The first-order valence-electron chi connectivity index (χ1n) is 6.06. The van der Waals surface area contributed by atoms with E-state index in [0.717, 1.165) is 5.56 Å². The molecular formula is C13H14N4O3. The maximum Gasteiger partial charge on any atom is 0.381 e. The molecule has 104 valence electrons. The number of carbonyl (C=O) groups is 1. The first-order valence-corrected chi connectivity index (χ1v) is 6.06. The maximum atomic E-state index is 11.8. The number of nitrogens with zero attached hydrogens (tertiary/aromatic N) is 3. The Morgan fingerprint density at radius 3 is 2.75 bits per heavy atom. The van der Waals surface area contributed by atoms with Crippen molar-refractivity contribution in [1.82, 2.24) is 14.9 Å². The van der Waals surface area contributed by atoms with E-state index in [1.54, 1.807) is 0 Å². The van der Waals surface area contributed by atoms with Crippen LogP contribution in [0.5, 0.6) is 0 Å². The third-order valence-electron chi connectivity index (χ3n) is 2.81. The van der Waals surface area contributed by atoms with Gasteiger partial charge in [0.2, 0.25) is 12.2 Å². The molecule has 0 aliphatic carbocycles. The molecule has 0 saturated carbocycles. The van der Waals surface area contributed by atoms with Crippen LogP contribution in [0.1, 0.15) is 18.5 Å². The zero-order chi connectivity index (χ0) is 14.5. The molecule has 0 aliphatic rings. The van der Waals surface area contributed by atoms with Gasteiger partial charge in [0.15, 0.2) is 0 Å². The summed E-state index contributed by atoms with van der Waals surface area (Å²) in [7, 11) is 0. The van der Waals surface area contributed by atoms with Crippen molar-refractivity contribution in [3.63, 3.8) is 0 Å². The molecule has 1 amide bonds. The summed E-state index contributed by atoms with van der Waals surface area (Å²) in [6.07, 6.45) is 2.50. The molecule has 0 saturated heterocycles. The highest BCUT2D eigenvalue weighted by atomic mass is 16.6. The van der Waals surface area contributed by atoms with Gasteiger partial charge >= 0.3 is 5.82 Å². The highest BCUT2D eigenvalue weighted by Crippen LogP contribution is 2.11. The van der Waals surface area contributed by atoms with Gasteiger partial charge in [-0.05, 0) is 22.4 Å². The van der Waals surface area contributed by atoms with Gasteiger partial charge < -0.3 is 20.0 Å². The highest BCUT2D eigenvalue weighted by Gasteiger charge is 2.13. The Hall–Kier alpha value is -2.70. The largest absolute Gasteiger partial charge is 0.381 e. The summed E-state index contributed by atoms with van der Waals surface area (Å²) >= 11 is 0. The molecule has 7 heteroatoms. The van der Waals surface area contributed by atoms with E-state index in [1.807, 2.05) is 37.3 Å². The van der Waals surface area contributed by atoms with E-state index in [1.165, 1.54) is 17.1 Å². The number of aromatic nitrogens is 2. The topological polar surface area (TPSA) is 90.1 Å². The lowest BCUT2D eigenvalue weighted by Gasteiger charge is -2.14. The van der Waals surface area contributed by atoms with Crippen LogP contribution < -0.4 is 5.32 Å². The molecule has 7 nitrogen and oxygen atoms in total. The minimum atomic E-state index is -0.596. The lowest BCUT2D eigenvalue weighted by molar-refractivity contribution is -0.389. The van der Waals surface area contributed by atoms with E-state index in [4.69, 9.17) is 0 Å². The fourth-order valence-electron chi connectivity index (χ4n) is 1.81. The van der Waals surface area contributed by atoms with E-state index in [2.05, 4.69) is 10.3 Å². The quantitative estimate of drug-likeness (QED) is 0.663. The van der Waals surface area contributed by atoms with Crippen molar-refractivity contribution in [1.29, 1.82) is 0 Å². The molecule has 0 spiro atoms. The maximum absolute atomic E-state index is 11.8. The molecule has 1 atom stereocenters. The molecule has 0 bridgehead atoms. The first kappa shape index (κ1) is 13.7. The van der Waals surface area contributed by atoms with Crippen LogP contribution in [-0.2, 0) is 11.3 Å². The summed E-state index contributed by atoms with van der Waals surface area (Å²) in [5.41, 5.74) is 0.998.